The van der Waals surface area contributed by atoms with Gasteiger partial charge in [0.15, 0.2) is 5.65 Å². The molecule has 0 spiro atoms. The summed E-state index contributed by atoms with van der Waals surface area (Å²) in [5.74, 6) is 1.54. The molecule has 0 atom stereocenters. The first-order chi connectivity index (χ1) is 12.3. The average Bonchev–Trinajstić information content (AvgIpc) is 3.21. The van der Waals surface area contributed by atoms with Gasteiger partial charge in [-0.25, -0.2) is 9.97 Å². The fourth-order valence-corrected chi connectivity index (χ4v) is 3.53. The number of ether oxygens (including phenoxy) is 1. The molecular weight excluding hydrogens is 314 g/mol. The van der Waals surface area contributed by atoms with Crippen LogP contribution < -0.4 is 5.73 Å². The number of H-pyrrole nitrogens is 1. The van der Waals surface area contributed by atoms with E-state index in [1.165, 1.54) is 0 Å². The average molecular weight is 333 g/mol. The Morgan fingerprint density at radius 2 is 1.92 bits per heavy atom. The third kappa shape index (κ3) is 2.46. The third-order valence-corrected chi connectivity index (χ3v) is 5.01. The summed E-state index contributed by atoms with van der Waals surface area (Å²) < 4.78 is 8.23. The molecule has 126 valence electrons. The number of benzene rings is 1. The van der Waals surface area contributed by atoms with Gasteiger partial charge in [-0.1, -0.05) is 12.1 Å². The van der Waals surface area contributed by atoms with Crippen molar-refractivity contribution in [3.63, 3.8) is 0 Å². The van der Waals surface area contributed by atoms with Gasteiger partial charge >= 0.3 is 0 Å². The molecule has 0 saturated heterocycles. The highest BCUT2D eigenvalue weighted by Gasteiger charge is 2.34. The van der Waals surface area contributed by atoms with Crippen molar-refractivity contribution in [1.82, 2.24) is 19.4 Å². The van der Waals surface area contributed by atoms with Gasteiger partial charge in [-0.05, 0) is 36.6 Å². The fourth-order valence-electron chi connectivity index (χ4n) is 3.53. The molecule has 0 unspecified atom stereocenters. The summed E-state index contributed by atoms with van der Waals surface area (Å²) in [6.07, 6.45) is 7.98. The molecule has 6 heteroatoms. The van der Waals surface area contributed by atoms with Crippen LogP contribution in [0.3, 0.4) is 0 Å². The van der Waals surface area contributed by atoms with E-state index in [-0.39, 0.29) is 0 Å². The minimum Gasteiger partial charge on any atom is -0.399 e. The van der Waals surface area contributed by atoms with Crippen LogP contribution in [-0.2, 0) is 11.3 Å². The smallest absolute Gasteiger partial charge is 0.154 e. The molecule has 25 heavy (non-hydrogen) atoms. The van der Waals surface area contributed by atoms with Crippen LogP contribution in [0.1, 0.15) is 30.1 Å². The van der Waals surface area contributed by atoms with Crippen LogP contribution in [0.15, 0.2) is 48.9 Å². The molecule has 0 aliphatic heterocycles. The Labute approximate surface area is 144 Å². The lowest BCUT2D eigenvalue weighted by Crippen LogP contribution is -2.30. The van der Waals surface area contributed by atoms with Crippen LogP contribution in [0.5, 0.6) is 0 Å². The topological polar surface area (TPSA) is 81.2 Å². The molecule has 1 saturated carbocycles. The van der Waals surface area contributed by atoms with E-state index in [4.69, 9.17) is 10.5 Å². The van der Waals surface area contributed by atoms with Crippen molar-refractivity contribution in [1.29, 1.82) is 0 Å². The lowest BCUT2D eigenvalue weighted by molar-refractivity contribution is -0.0223. The maximum absolute atomic E-state index is 6.02. The van der Waals surface area contributed by atoms with E-state index in [1.807, 2.05) is 48.9 Å². The maximum Gasteiger partial charge on any atom is 0.154 e. The zero-order valence-corrected chi connectivity index (χ0v) is 13.7. The number of anilines is 1. The Hall–Kier alpha value is -2.86. The molecule has 1 aliphatic rings. The van der Waals surface area contributed by atoms with Crippen molar-refractivity contribution in [2.75, 3.05) is 5.73 Å². The largest absolute Gasteiger partial charge is 0.399 e. The summed E-state index contributed by atoms with van der Waals surface area (Å²) in [7, 11) is 0. The number of nitrogens with two attached hydrogens (primary N) is 1. The lowest BCUT2D eigenvalue weighted by atomic mass is 9.81. The first kappa shape index (κ1) is 14.5. The van der Waals surface area contributed by atoms with Crippen LogP contribution in [0.4, 0.5) is 5.69 Å². The number of nitrogens with one attached hydrogen (secondary N) is 1. The van der Waals surface area contributed by atoms with Gasteiger partial charge < -0.3 is 15.5 Å². The molecule has 0 bridgehead atoms. The van der Waals surface area contributed by atoms with E-state index in [9.17, 15) is 0 Å². The second-order valence-electron chi connectivity index (χ2n) is 6.69. The van der Waals surface area contributed by atoms with E-state index in [1.54, 1.807) is 0 Å². The summed E-state index contributed by atoms with van der Waals surface area (Å²) in [6, 6.07) is 9.91. The van der Waals surface area contributed by atoms with E-state index in [2.05, 4.69) is 19.4 Å². The van der Waals surface area contributed by atoms with Crippen molar-refractivity contribution in [3.05, 3.63) is 60.3 Å². The minimum absolute atomic E-state index is 0.290. The number of hydrogen-bond donors (Lipinski definition) is 2. The summed E-state index contributed by atoms with van der Waals surface area (Å²) in [5.41, 5.74) is 10.7. The summed E-state index contributed by atoms with van der Waals surface area (Å²) in [4.78, 5) is 12.2. The molecule has 1 aliphatic carbocycles. The number of nitrogen functional groups attached to an aromatic ring is 1. The number of aromatic nitrogens is 4. The second kappa shape index (κ2) is 5.60. The number of imidazole rings is 1. The number of aromatic amines is 1. The van der Waals surface area contributed by atoms with Crippen LogP contribution in [0, 0.1) is 0 Å². The summed E-state index contributed by atoms with van der Waals surface area (Å²) in [5, 5.41) is 0. The predicted octanol–water partition coefficient (Wildman–Crippen LogP) is 3.26. The Morgan fingerprint density at radius 3 is 2.76 bits per heavy atom. The molecule has 0 radical (unpaired) electrons. The molecule has 4 aromatic rings. The standard InChI is InChI=1S/C19H19N5O/c20-14-3-1-12(2-4-14)11-25-16-7-13(8-16)19-23-10-15-9-22-18-17(24(15)19)5-6-21-18/h1-6,9-10,13,16,21H,7-8,11,20H2. The van der Waals surface area contributed by atoms with Crippen molar-refractivity contribution in [2.45, 2.75) is 31.5 Å². The van der Waals surface area contributed by atoms with Gasteiger partial charge in [0.1, 0.15) is 5.82 Å². The monoisotopic (exact) mass is 333 g/mol. The minimum atomic E-state index is 0.290. The highest BCUT2D eigenvalue weighted by atomic mass is 16.5. The molecule has 5 rings (SSSR count). The van der Waals surface area contributed by atoms with Crippen molar-refractivity contribution in [2.24, 2.45) is 0 Å². The summed E-state index contributed by atoms with van der Waals surface area (Å²) >= 11 is 0. The van der Waals surface area contributed by atoms with Crippen molar-refractivity contribution in [3.8, 4) is 0 Å². The summed E-state index contributed by atoms with van der Waals surface area (Å²) in [6.45, 7) is 0.631. The zero-order valence-electron chi connectivity index (χ0n) is 13.7. The predicted molar refractivity (Wildman–Crippen MR) is 96.3 cm³/mol. The number of fused-ring (bicyclic) bond motifs is 3. The second-order valence-corrected chi connectivity index (χ2v) is 6.69. The molecule has 6 nitrogen and oxygen atoms in total. The van der Waals surface area contributed by atoms with Gasteiger partial charge in [-0.15, -0.1) is 0 Å². The molecule has 3 heterocycles. The van der Waals surface area contributed by atoms with Gasteiger partial charge in [0, 0.05) is 17.8 Å². The first-order valence-electron chi connectivity index (χ1n) is 8.53. The molecular formula is C19H19N5O. The fraction of sp³-hybridized carbons (Fsp3) is 0.263. The quantitative estimate of drug-likeness (QED) is 0.562. The van der Waals surface area contributed by atoms with Gasteiger partial charge in [0.2, 0.25) is 0 Å². The lowest BCUT2D eigenvalue weighted by Gasteiger charge is -2.34. The van der Waals surface area contributed by atoms with Gasteiger partial charge in [-0.2, -0.15) is 0 Å². The van der Waals surface area contributed by atoms with Crippen LogP contribution in [0.2, 0.25) is 0 Å². The Bertz CT molecular complexity index is 1030. The Balaban J connectivity index is 1.30. The molecule has 3 N–H and O–H groups in total. The van der Waals surface area contributed by atoms with Crippen LogP contribution in [0.25, 0.3) is 16.7 Å². The Morgan fingerprint density at radius 1 is 1.12 bits per heavy atom. The Kier molecular flexibility index (Phi) is 3.24. The zero-order chi connectivity index (χ0) is 16.8. The third-order valence-electron chi connectivity index (χ3n) is 5.01. The normalized spacial score (nSPS) is 20.2. The van der Waals surface area contributed by atoms with E-state index >= 15 is 0 Å². The van der Waals surface area contributed by atoms with Crippen molar-refractivity contribution < 1.29 is 4.74 Å². The van der Waals surface area contributed by atoms with Crippen molar-refractivity contribution >= 4 is 22.4 Å². The molecule has 1 aromatic carbocycles. The first-order valence-corrected chi connectivity index (χ1v) is 8.53. The van der Waals surface area contributed by atoms with Gasteiger partial charge in [0.25, 0.3) is 0 Å². The van der Waals surface area contributed by atoms with Crippen LogP contribution in [-0.4, -0.2) is 25.5 Å². The van der Waals surface area contributed by atoms with E-state index in [0.29, 0.717) is 18.6 Å². The van der Waals surface area contributed by atoms with Crippen LogP contribution >= 0.6 is 0 Å². The molecule has 3 aromatic heterocycles. The molecule has 1 fully saturated rings. The highest BCUT2D eigenvalue weighted by molar-refractivity contribution is 5.75. The number of hydrogen-bond acceptors (Lipinski definition) is 4. The maximum atomic E-state index is 6.02. The SMILES string of the molecule is Nc1ccc(COC2CC(c3ncc4cnc5[nH]ccc5n34)C2)cc1. The molecule has 0 amide bonds. The van der Waals surface area contributed by atoms with Gasteiger partial charge in [0.05, 0.1) is 36.1 Å². The van der Waals surface area contributed by atoms with E-state index < -0.39 is 0 Å². The highest BCUT2D eigenvalue weighted by Crippen LogP contribution is 2.39. The number of rotatable bonds is 4. The van der Waals surface area contributed by atoms with Gasteiger partial charge in [-0.3, -0.25) is 4.40 Å². The van der Waals surface area contributed by atoms with E-state index in [0.717, 1.165) is 46.6 Å². The number of nitrogens with zero attached hydrogens (tertiary/aromatic N) is 3.